The van der Waals surface area contributed by atoms with E-state index < -0.39 is 30.0 Å². The molecule has 322 valence electrons. The van der Waals surface area contributed by atoms with E-state index in [9.17, 15) is 28.0 Å². The number of likely N-dealkylation sites (tertiary alicyclic amines) is 1. The molecule has 3 N–H and O–H groups in total. The summed E-state index contributed by atoms with van der Waals surface area (Å²) in [6, 6.07) is 8.98. The van der Waals surface area contributed by atoms with Gasteiger partial charge in [0.1, 0.15) is 18.1 Å². The minimum absolute atomic E-state index is 0.0303. The molecule has 4 aliphatic rings. The van der Waals surface area contributed by atoms with Crippen LogP contribution in [-0.4, -0.2) is 95.7 Å². The van der Waals surface area contributed by atoms with Crippen molar-refractivity contribution in [1.82, 2.24) is 44.0 Å². The summed E-state index contributed by atoms with van der Waals surface area (Å²) in [7, 11) is 3.89. The van der Waals surface area contributed by atoms with E-state index in [4.69, 9.17) is 4.42 Å². The third-order valence-corrected chi connectivity index (χ3v) is 13.0. The van der Waals surface area contributed by atoms with Crippen LogP contribution in [0.2, 0.25) is 0 Å². The van der Waals surface area contributed by atoms with E-state index in [1.54, 1.807) is 34.6 Å². The molecule has 1 atom stereocenters. The van der Waals surface area contributed by atoms with Crippen LogP contribution in [0.3, 0.4) is 0 Å². The molecule has 16 nitrogen and oxygen atoms in total. The maximum Gasteiger partial charge on any atom is 0.329 e. The van der Waals surface area contributed by atoms with Gasteiger partial charge in [-0.25, -0.2) is 23.5 Å². The van der Waals surface area contributed by atoms with Gasteiger partial charge in [0.05, 0.1) is 22.8 Å². The van der Waals surface area contributed by atoms with E-state index in [-0.39, 0.29) is 41.3 Å². The van der Waals surface area contributed by atoms with Gasteiger partial charge in [-0.2, -0.15) is 5.10 Å². The fourth-order valence-electron chi connectivity index (χ4n) is 9.11. The Morgan fingerprint density at radius 3 is 2.59 bits per heavy atom. The van der Waals surface area contributed by atoms with Crippen molar-refractivity contribution >= 4 is 40.3 Å². The summed E-state index contributed by atoms with van der Waals surface area (Å²) in [6.07, 6.45) is 8.97. The number of rotatable bonds is 15. The van der Waals surface area contributed by atoms with E-state index in [0.29, 0.717) is 47.7 Å². The molecule has 0 spiro atoms. The van der Waals surface area contributed by atoms with E-state index in [2.05, 4.69) is 47.9 Å². The molecule has 0 bridgehead atoms. The molecule has 2 saturated heterocycles. The van der Waals surface area contributed by atoms with Gasteiger partial charge in [-0.15, -0.1) is 0 Å². The Bertz CT molecular complexity index is 2490. The number of anilines is 2. The quantitative estimate of drug-likeness (QED) is 0.113. The molecule has 3 amide bonds. The van der Waals surface area contributed by atoms with Crippen molar-refractivity contribution in [2.75, 3.05) is 43.9 Å². The van der Waals surface area contributed by atoms with Crippen LogP contribution in [-0.2, 0) is 23.2 Å². The molecule has 1 unspecified atom stereocenters. The number of benzene rings is 1. The Labute approximate surface area is 350 Å². The van der Waals surface area contributed by atoms with Crippen LogP contribution in [0.5, 0.6) is 0 Å². The van der Waals surface area contributed by atoms with Gasteiger partial charge < -0.3 is 20.0 Å². The predicted octanol–water partition coefficient (Wildman–Crippen LogP) is 5.51. The molecule has 9 rings (SSSR count). The number of nitrogens with zero attached hydrogens (tertiary/aromatic N) is 8. The monoisotopic (exact) mass is 839 g/mol. The average Bonchev–Trinajstić information content (AvgIpc) is 3.64. The van der Waals surface area contributed by atoms with Gasteiger partial charge in [0, 0.05) is 63.6 Å². The molecule has 2 aliphatic carbocycles. The van der Waals surface area contributed by atoms with Crippen molar-refractivity contribution in [1.29, 1.82) is 0 Å². The van der Waals surface area contributed by atoms with Crippen molar-refractivity contribution in [3.8, 4) is 11.5 Å². The summed E-state index contributed by atoms with van der Waals surface area (Å²) in [5.74, 6) is 0.680. The van der Waals surface area contributed by atoms with E-state index >= 15 is 0 Å². The second-order valence-corrected chi connectivity index (χ2v) is 17.2. The number of oxazole rings is 1. The molecule has 2 saturated carbocycles. The van der Waals surface area contributed by atoms with Crippen LogP contribution >= 0.6 is 0 Å². The van der Waals surface area contributed by atoms with Crippen LogP contribution in [0.15, 0.2) is 58.2 Å². The fraction of sp³-hybridized carbons (Fsp3) is 0.512. The number of para-hydroxylation sites is 1. The molecule has 0 radical (unpaired) electrons. The molecule has 18 heteroatoms. The third-order valence-electron chi connectivity index (χ3n) is 13.0. The highest BCUT2D eigenvalue weighted by atomic mass is 19.3. The van der Waals surface area contributed by atoms with Gasteiger partial charge in [0.25, 0.3) is 12.3 Å². The first-order chi connectivity index (χ1) is 29.5. The lowest BCUT2D eigenvalue weighted by Gasteiger charge is -2.44. The molecular weight excluding hydrogens is 789 g/mol. The van der Waals surface area contributed by atoms with E-state index in [1.807, 2.05) is 18.2 Å². The highest BCUT2D eigenvalue weighted by Gasteiger charge is 2.34. The second-order valence-electron chi connectivity index (χ2n) is 17.2. The number of aromatic nitrogens is 6. The highest BCUT2D eigenvalue weighted by molar-refractivity contribution is 6.03. The Morgan fingerprint density at radius 1 is 1.05 bits per heavy atom. The summed E-state index contributed by atoms with van der Waals surface area (Å²) >= 11 is 0. The molecular formula is C43H51F2N11O5. The maximum absolute atomic E-state index is 14.2. The van der Waals surface area contributed by atoms with Gasteiger partial charge in [-0.1, -0.05) is 12.1 Å². The lowest BCUT2D eigenvalue weighted by atomic mass is 9.84. The fourth-order valence-corrected chi connectivity index (χ4v) is 9.11. The molecule has 4 aromatic heterocycles. The number of imidazole rings is 1. The minimum atomic E-state index is -2.87. The SMILES string of the molecule is CN(CC[C@H]1CC[C@H](n2cc(NC(=O)c3coc(-c4ccnc(NCC5CC5)c4)n3)c(C(F)F)n2)CC1)C1CN(Cc2cccc3c2n(C)c(=O)n3C2CCC(=O)NC2=O)C1. The van der Waals surface area contributed by atoms with E-state index in [1.165, 1.54) is 29.9 Å². The number of hydrogen-bond acceptors (Lipinski definition) is 11. The maximum atomic E-state index is 14.2. The minimum Gasteiger partial charge on any atom is -0.444 e. The lowest BCUT2D eigenvalue weighted by molar-refractivity contribution is -0.135. The number of aryl methyl sites for hydroxylation is 1. The summed E-state index contributed by atoms with van der Waals surface area (Å²) < 4.78 is 38.7. The number of hydrogen-bond donors (Lipinski definition) is 3. The summed E-state index contributed by atoms with van der Waals surface area (Å²) in [4.78, 5) is 64.3. The van der Waals surface area contributed by atoms with Crippen LogP contribution in [0.25, 0.3) is 22.5 Å². The zero-order valence-corrected chi connectivity index (χ0v) is 34.4. The van der Waals surface area contributed by atoms with Crippen LogP contribution in [0.4, 0.5) is 20.3 Å². The molecule has 6 heterocycles. The van der Waals surface area contributed by atoms with Crippen molar-refractivity contribution in [2.24, 2.45) is 18.9 Å². The summed E-state index contributed by atoms with van der Waals surface area (Å²) in [5.41, 5.74) is 2.35. The largest absolute Gasteiger partial charge is 0.444 e. The van der Waals surface area contributed by atoms with E-state index in [0.717, 1.165) is 69.4 Å². The summed E-state index contributed by atoms with van der Waals surface area (Å²) in [5, 5.41) is 12.5. The second kappa shape index (κ2) is 17.0. The average molecular weight is 840 g/mol. The number of likely N-dealkylation sites (N-methyl/N-ethyl adjacent to an activating group) is 1. The number of amides is 3. The third kappa shape index (κ3) is 8.60. The number of piperidine rings is 1. The van der Waals surface area contributed by atoms with Crippen LogP contribution in [0.1, 0.15) is 98.0 Å². The van der Waals surface area contributed by atoms with Crippen molar-refractivity contribution in [2.45, 2.75) is 88.9 Å². The van der Waals surface area contributed by atoms with Crippen LogP contribution in [0, 0.1) is 11.8 Å². The number of alkyl halides is 2. The number of nitrogens with one attached hydrogen (secondary N) is 3. The smallest absolute Gasteiger partial charge is 0.329 e. The van der Waals surface area contributed by atoms with Crippen molar-refractivity contribution in [3.63, 3.8) is 0 Å². The Balaban J connectivity index is 0.745. The number of imide groups is 1. The molecule has 61 heavy (non-hydrogen) atoms. The van der Waals surface area contributed by atoms with Gasteiger partial charge in [0.15, 0.2) is 11.4 Å². The van der Waals surface area contributed by atoms with Gasteiger partial charge in [-0.05, 0) is 101 Å². The van der Waals surface area contributed by atoms with Crippen LogP contribution < -0.4 is 21.6 Å². The Kier molecular flexibility index (Phi) is 11.3. The van der Waals surface area contributed by atoms with Gasteiger partial charge in [-0.3, -0.25) is 38.4 Å². The standard InChI is InChI=1S/C43H51F2N11O5/c1-52(30-21-54(22-30)20-28-4-3-5-33-38(28)53(2)43(60)56(33)34-12-13-36(57)50-41(34)59)17-15-25-8-10-29(11-9-25)55-23-31(37(51-55)39(44)45)48-40(58)32-24-61-42(49-32)27-14-16-46-35(18-27)47-19-26-6-7-26/h3-5,14,16,18,23-26,29-30,34,39H,6-13,15,17,19-22H2,1-2H3,(H,46,47)(H,48,58)(H,50,57,59)/t25-,29-,34?. The molecule has 5 aromatic rings. The van der Waals surface area contributed by atoms with Crippen molar-refractivity contribution in [3.05, 3.63) is 76.4 Å². The first kappa shape index (κ1) is 40.6. The number of fused-ring (bicyclic) bond motifs is 1. The Hall–Kier alpha value is -5.75. The number of carbonyl (C=O) groups excluding carboxylic acids is 3. The first-order valence-corrected chi connectivity index (χ1v) is 21.3. The molecule has 4 fully saturated rings. The lowest BCUT2D eigenvalue weighted by Crippen LogP contribution is -2.58. The molecule has 2 aliphatic heterocycles. The zero-order chi connectivity index (χ0) is 42.4. The van der Waals surface area contributed by atoms with Gasteiger partial charge in [0.2, 0.25) is 17.7 Å². The normalized spacial score (nSPS) is 21.3. The predicted molar refractivity (Wildman–Crippen MR) is 222 cm³/mol. The van der Waals surface area contributed by atoms with Crippen molar-refractivity contribution < 1.29 is 27.6 Å². The summed E-state index contributed by atoms with van der Waals surface area (Å²) in [6.45, 7) is 4.26. The Morgan fingerprint density at radius 2 is 1.84 bits per heavy atom. The first-order valence-electron chi connectivity index (χ1n) is 21.3. The van der Waals surface area contributed by atoms with Gasteiger partial charge >= 0.3 is 5.69 Å². The topological polar surface area (TPSA) is 177 Å². The highest BCUT2D eigenvalue weighted by Crippen LogP contribution is 2.37. The zero-order valence-electron chi connectivity index (χ0n) is 34.4. The number of carbonyl (C=O) groups is 3. The molecule has 1 aromatic carbocycles. The number of halogens is 2. The number of pyridine rings is 1.